The van der Waals surface area contributed by atoms with Crippen LogP contribution in [0.15, 0.2) is 276 Å². The molecule has 23 rings (SSSR count). The van der Waals surface area contributed by atoms with Crippen LogP contribution in [0.1, 0.15) is 5.56 Å². The Morgan fingerprint density at radius 2 is 0.852 bits per heavy atom. The lowest BCUT2D eigenvalue weighted by molar-refractivity contribution is 0.313. The molecule has 6 aromatic carbocycles. The number of fused-ring (bicyclic) bond motifs is 12. The molecule has 53 heteroatoms. The Balaban J connectivity index is 0.000000119. The summed E-state index contributed by atoms with van der Waals surface area (Å²) in [4.78, 5) is 126. The summed E-state index contributed by atoms with van der Waals surface area (Å²) in [7, 11) is -0.719. The molecule has 16 heterocycles. The van der Waals surface area contributed by atoms with Gasteiger partial charge < -0.3 is 30.7 Å². The van der Waals surface area contributed by atoms with Crippen LogP contribution in [0.3, 0.4) is 0 Å². The van der Waals surface area contributed by atoms with Crippen LogP contribution in [-0.2, 0) is 20.6 Å². The van der Waals surface area contributed by atoms with Crippen molar-refractivity contribution < 1.29 is 12.6 Å². The van der Waals surface area contributed by atoms with Crippen LogP contribution in [0.4, 0.5) is 34.4 Å². The summed E-state index contributed by atoms with van der Waals surface area (Å²) in [5, 5.41) is 17.7. The highest BCUT2D eigenvalue weighted by Gasteiger charge is 2.31. The van der Waals surface area contributed by atoms with Crippen molar-refractivity contribution >= 4 is 266 Å². The zero-order valence-corrected chi connectivity index (χ0v) is 89.2. The van der Waals surface area contributed by atoms with E-state index in [1.807, 2.05) is 36.8 Å². The largest absolute Gasteiger partial charge is 0.399 e. The highest BCUT2D eigenvalue weighted by Crippen LogP contribution is 2.38. The number of nitrogens with zero attached hydrogens (tertiary/aromatic N) is 29. The first kappa shape index (κ1) is 105. The fourth-order valence-electron chi connectivity index (χ4n) is 15.9. The number of aromatic nitrogens is 24. The lowest BCUT2D eigenvalue weighted by atomic mass is 10.2. The molecule has 2 aliphatic heterocycles. The fourth-order valence-corrected chi connectivity index (χ4v) is 20.2. The van der Waals surface area contributed by atoms with Crippen LogP contribution in [0.5, 0.6) is 0 Å². The molecule has 2 saturated heterocycles. The number of halogens is 10. The number of para-hydroxylation sites is 4. The third-order valence-corrected chi connectivity index (χ3v) is 28.9. The maximum absolute atomic E-state index is 13.5. The molecule has 754 valence electrons. The number of hydrogen-bond acceptors (Lipinski definition) is 32. The van der Waals surface area contributed by atoms with E-state index in [2.05, 4.69) is 156 Å². The minimum atomic E-state index is -3.64. The number of piperazine rings is 2. The summed E-state index contributed by atoms with van der Waals surface area (Å²) in [6.07, 6.45) is 35.0. The number of rotatable bonds is 15. The van der Waals surface area contributed by atoms with Crippen molar-refractivity contribution in [2.24, 2.45) is 0 Å². The molecule has 1 atom stereocenters. The van der Waals surface area contributed by atoms with Gasteiger partial charge >= 0.3 is 0 Å². The fraction of sp³-hybridized carbons (Fsp3) is 0.146. The van der Waals surface area contributed by atoms with Gasteiger partial charge in [0.1, 0.15) is 57.0 Å². The first-order valence-corrected chi connectivity index (χ1v) is 53.9. The molecule has 14 aromatic heterocycles. The molecule has 0 saturated carbocycles. The van der Waals surface area contributed by atoms with Gasteiger partial charge in [-0.3, -0.25) is 28.8 Å². The maximum Gasteiger partial charge on any atom is 0.293 e. The molecule has 1 aliphatic carbocycles. The summed E-state index contributed by atoms with van der Waals surface area (Å²) < 4.78 is 48.2. The number of imidazole rings is 5. The lowest BCUT2D eigenvalue weighted by Gasteiger charge is -2.34. The summed E-state index contributed by atoms with van der Waals surface area (Å²) in [5.41, 5.74) is 16.9. The van der Waals surface area contributed by atoms with Crippen molar-refractivity contribution in [1.82, 2.24) is 126 Å². The third kappa shape index (κ3) is 21.8. The van der Waals surface area contributed by atoms with E-state index in [1.54, 1.807) is 142 Å². The van der Waals surface area contributed by atoms with Crippen molar-refractivity contribution in [2.75, 3.05) is 118 Å². The van der Waals surface area contributed by atoms with Crippen molar-refractivity contribution in [3.05, 3.63) is 330 Å². The second-order valence-electron chi connectivity index (χ2n) is 32.6. The van der Waals surface area contributed by atoms with Gasteiger partial charge in [-0.15, -0.1) is 0 Å². The molecule has 20 aromatic rings. The number of nitrogens with one attached hydrogen (secondary N) is 2. The Hall–Kier alpha value is -14.1. The Bertz CT molecular complexity index is 9140. The minimum absolute atomic E-state index is 0.0899. The molecule has 4 N–H and O–H groups in total. The average Bonchev–Trinajstić information content (AvgIpc) is 1.67. The van der Waals surface area contributed by atoms with Crippen LogP contribution >= 0.6 is 140 Å². The van der Waals surface area contributed by atoms with Crippen LogP contribution in [0.25, 0.3) is 100 Å². The van der Waals surface area contributed by atoms with E-state index in [1.165, 1.54) is 112 Å². The second-order valence-corrected chi connectivity index (χ2v) is 41.4. The Morgan fingerprint density at radius 3 is 1.30 bits per heavy atom. The van der Waals surface area contributed by atoms with Crippen molar-refractivity contribution in [2.45, 2.75) is 20.6 Å². The van der Waals surface area contributed by atoms with Crippen molar-refractivity contribution in [1.29, 1.82) is 5.26 Å². The molecule has 39 nitrogen and oxygen atoms in total. The Labute approximate surface area is 905 Å². The standard InChI is InChI=1S/C25H22Cl2N8O.C15H10Cl2N6S.C15H9Cl2N5O3S.C15H8Cl2N5O2S.C15H9Cl2N5OS.C11H17N3/c1-32-11-13-33(14-12-32)17-7-5-16(6-8-17)30-25-29-15-18-21(31-25)23-28-9-10-34(23)35(24(18)36)22-19(26)3-2-4-20(22)27;1-24-15-20-8-9(7-18)12(21-15)14-19-5-6-23(14)22-13-10(16)3-2-4-11(13)17;1-26(24,25)15-19-7-8-11(20-15)13-18-5-6-21(13)22(14(8)23)12-9(16)3-2-4-10(12)17;1-25(24)15-19-7-8-11(20-15)13-18-5-6-21(13)22(14(8)23)12-9(16)3-2-4-10(12)17;1-24-15-19-7-8-11(20-15)13-18-5-6-21(13)22(14(8)23)12-9(16)3-2-4-10(12)17;1-13-6-8-14(9-7-13)11-4-2-10(12)3-5-11/h2-10,15H,11-14H2,1H3,(H,29,30,31);2-6,8,22H,1H3;2-7H,1H3;2-3,5-7H,1H3;2-7H,1H3;2-5H,6-9,12H2,1H3/q;;;+1;;. The van der Waals surface area contributed by atoms with E-state index >= 15 is 0 Å². The van der Waals surface area contributed by atoms with E-state index in [4.69, 9.17) is 122 Å². The number of likely N-dealkylation sites (N-methyl/N-ethyl adjacent to an activating group) is 2. The quantitative estimate of drug-likeness (QED) is 0.0371. The molecule has 0 radical (unpaired) electrons. The monoisotopic (exact) mass is 2270 g/mol. The highest BCUT2D eigenvalue weighted by atomic mass is 35.5. The molecule has 149 heavy (non-hydrogen) atoms. The molecule has 0 bridgehead atoms. The average molecular weight is 2270 g/mol. The van der Waals surface area contributed by atoms with Gasteiger partial charge in [0, 0.05) is 174 Å². The zero-order chi connectivity index (χ0) is 105. The zero-order valence-electron chi connectivity index (χ0n) is 78.3. The first-order valence-electron chi connectivity index (χ1n) is 44.2. The topological polar surface area (TPSA) is 442 Å². The number of allylic oxidation sites excluding steroid dienone is 6. The van der Waals surface area contributed by atoms with Crippen LogP contribution in [0, 0.1) is 17.4 Å². The Morgan fingerprint density at radius 1 is 0.456 bits per heavy atom. The summed E-state index contributed by atoms with van der Waals surface area (Å²) in [6.45, 7) is 8.63. The van der Waals surface area contributed by atoms with E-state index in [0.29, 0.717) is 125 Å². The minimum Gasteiger partial charge on any atom is -0.399 e. The normalized spacial score (nSPS) is 13.5. The van der Waals surface area contributed by atoms with Gasteiger partial charge in [-0.25, -0.2) is 120 Å². The van der Waals surface area contributed by atoms with E-state index in [-0.39, 0.29) is 74.9 Å². The van der Waals surface area contributed by atoms with Gasteiger partial charge in [0.15, 0.2) is 43.8 Å². The first-order chi connectivity index (χ1) is 71.8. The van der Waals surface area contributed by atoms with Crippen LogP contribution in [-0.4, -0.2) is 230 Å². The van der Waals surface area contributed by atoms with Crippen molar-refractivity contribution in [3.63, 3.8) is 0 Å². The van der Waals surface area contributed by atoms with E-state index in [9.17, 15) is 37.1 Å². The van der Waals surface area contributed by atoms with Crippen LogP contribution in [0.2, 0.25) is 40.2 Å². The number of benzene rings is 6. The molecule has 3 aliphatic rings. The highest BCUT2D eigenvalue weighted by molar-refractivity contribution is 7.98. The number of anilines is 6. The van der Waals surface area contributed by atoms with Crippen LogP contribution < -0.4 is 48.5 Å². The summed E-state index contributed by atoms with van der Waals surface area (Å²) >= 11 is 65.5. The van der Waals surface area contributed by atoms with Gasteiger partial charge in [-0.2, -0.15) is 9.94 Å². The van der Waals surface area contributed by atoms with E-state index in [0.717, 1.165) is 76.2 Å². The molecule has 0 spiro atoms. The molecule has 2 fully saturated rings. The molecular formula is C96H75Cl10N32O7S4+. The van der Waals surface area contributed by atoms with Crippen molar-refractivity contribution in [3.8, 4) is 34.6 Å². The number of nitrogen functional groups attached to an aromatic ring is 1. The molecule has 1 unspecified atom stereocenters. The Kier molecular flexibility index (Phi) is 31.7. The van der Waals surface area contributed by atoms with Gasteiger partial charge in [0.25, 0.3) is 22.2 Å². The number of nitrogens with two attached hydrogens (primary N) is 1. The number of thioether (sulfide) groups is 2. The second kappa shape index (κ2) is 45.1. The number of nitriles is 1. The van der Waals surface area contributed by atoms with Gasteiger partial charge in [0.2, 0.25) is 36.8 Å². The predicted molar refractivity (Wildman–Crippen MR) is 588 cm³/mol. The smallest absolute Gasteiger partial charge is 0.293 e. The lowest BCUT2D eigenvalue weighted by Crippen LogP contribution is -2.44. The molecular weight excluding hydrogens is 2200 g/mol. The van der Waals surface area contributed by atoms with Gasteiger partial charge in [-0.1, -0.05) is 152 Å². The van der Waals surface area contributed by atoms with Gasteiger partial charge in [-0.05, 0) is 135 Å². The number of hydrogen-bond donors (Lipinski definition) is 3. The third-order valence-electron chi connectivity index (χ3n) is 23.2. The van der Waals surface area contributed by atoms with Gasteiger partial charge in [0.05, 0.1) is 102 Å². The summed E-state index contributed by atoms with van der Waals surface area (Å²) in [6, 6.07) is 38.6. The molecule has 0 amide bonds. The number of sulfone groups is 1. The summed E-state index contributed by atoms with van der Waals surface area (Å²) in [5.74, 6) is 0.827. The maximum atomic E-state index is 13.5. The van der Waals surface area contributed by atoms with E-state index < -0.39 is 31.8 Å². The SMILES string of the molecule is CN1CCN(c2ccc(N)cc2)CC1.CN1CCN(c2ccc(Nc3ncc4c(=O)n(-c5c(Cl)cccc5Cl)n5ccnc5c4n3)cc2)CC1.CS(=O)(=O)c1ncc2c(=O)n(-c3c(Cl)cccc3Cl)n3ccnc3c2n1.CS(=O)c1ncc2c(=O)n(C3=C(Cl)C=C[C+]=C3Cl)n3ccnc3c2n1.CSc1ncc(C#N)c(-c2nccn2Nc2c(Cl)cccc2Cl)n1.CSc1ncc2c(=O)n(-c3c(Cl)cccc3Cl)n3ccnc3c2n1. The predicted octanol–water partition coefficient (Wildman–Crippen LogP) is 17.0.